The summed E-state index contributed by atoms with van der Waals surface area (Å²) in [5, 5.41) is 10.4. The summed E-state index contributed by atoms with van der Waals surface area (Å²) in [7, 11) is 0. The Morgan fingerprint density at radius 2 is 1.76 bits per heavy atom. The highest BCUT2D eigenvalue weighted by atomic mass is 35.5. The Labute approximate surface area is 175 Å². The number of carbonyl (C=O) groups is 2. The molecule has 1 heterocycles. The number of piperazine rings is 1. The minimum atomic E-state index is -0.743. The summed E-state index contributed by atoms with van der Waals surface area (Å²) in [4.78, 5) is 28.4. The molecule has 3 rings (SSSR count). The molecule has 0 radical (unpaired) electrons. The Morgan fingerprint density at radius 3 is 2.45 bits per heavy atom. The number of para-hydroxylation sites is 1. The fourth-order valence-corrected chi connectivity index (χ4v) is 3.85. The summed E-state index contributed by atoms with van der Waals surface area (Å²) in [5.41, 5.74) is 6.69. The molecule has 0 aromatic heterocycles. The van der Waals surface area contributed by atoms with E-state index in [2.05, 4.69) is 15.9 Å². The maximum atomic E-state index is 12.3. The van der Waals surface area contributed by atoms with Crippen molar-refractivity contribution in [1.82, 2.24) is 4.90 Å². The topological polar surface area (TPSA) is 86.9 Å². The molecule has 1 amide bonds. The van der Waals surface area contributed by atoms with Crippen LogP contribution < -0.4 is 10.6 Å². The zero-order valence-corrected chi connectivity index (χ0v) is 17.1. The van der Waals surface area contributed by atoms with Gasteiger partial charge in [0.05, 0.1) is 16.3 Å². The van der Waals surface area contributed by atoms with Crippen molar-refractivity contribution in [2.24, 2.45) is 5.73 Å². The van der Waals surface area contributed by atoms with Crippen molar-refractivity contribution < 1.29 is 14.7 Å². The van der Waals surface area contributed by atoms with Gasteiger partial charge in [-0.1, -0.05) is 23.7 Å². The van der Waals surface area contributed by atoms with Gasteiger partial charge in [0.15, 0.2) is 5.78 Å². The molecule has 2 aromatic carbocycles. The Bertz CT molecular complexity index is 879. The zero-order chi connectivity index (χ0) is 20.8. The van der Waals surface area contributed by atoms with Crippen molar-refractivity contribution >= 4 is 29.0 Å². The molecule has 1 saturated heterocycles. The number of amides is 1. The van der Waals surface area contributed by atoms with Crippen LogP contribution in [0.2, 0.25) is 5.02 Å². The van der Waals surface area contributed by atoms with Crippen molar-refractivity contribution in [2.75, 3.05) is 37.6 Å². The predicted octanol–water partition coefficient (Wildman–Crippen LogP) is 3.32. The molecule has 0 atom stereocenters. The third-order valence-corrected chi connectivity index (χ3v) is 5.60. The van der Waals surface area contributed by atoms with E-state index < -0.39 is 5.91 Å². The first-order valence-corrected chi connectivity index (χ1v) is 10.2. The molecular weight excluding hydrogens is 390 g/mol. The van der Waals surface area contributed by atoms with Crippen LogP contribution in [0.3, 0.4) is 0 Å². The van der Waals surface area contributed by atoms with Crippen molar-refractivity contribution in [3.8, 4) is 5.75 Å². The van der Waals surface area contributed by atoms with Gasteiger partial charge in [-0.15, -0.1) is 0 Å². The highest BCUT2D eigenvalue weighted by molar-refractivity contribution is 6.33. The van der Waals surface area contributed by atoms with E-state index in [0.29, 0.717) is 12.0 Å². The number of benzene rings is 2. The molecule has 2 aromatic rings. The lowest BCUT2D eigenvalue weighted by Crippen LogP contribution is -2.46. The lowest BCUT2D eigenvalue weighted by Gasteiger charge is -2.36. The largest absolute Gasteiger partial charge is 0.507 e. The molecule has 0 bridgehead atoms. The average molecular weight is 416 g/mol. The average Bonchev–Trinajstić information content (AvgIpc) is 2.72. The third kappa shape index (κ3) is 5.49. The molecule has 0 spiro atoms. The maximum absolute atomic E-state index is 12.3. The fraction of sp³-hybridized carbons (Fsp3) is 0.364. The van der Waals surface area contributed by atoms with Gasteiger partial charge in [-0.05, 0) is 49.7 Å². The Morgan fingerprint density at radius 1 is 1.03 bits per heavy atom. The Kier molecular flexibility index (Phi) is 7.12. The Hall–Kier alpha value is -2.57. The highest BCUT2D eigenvalue weighted by Gasteiger charge is 2.18. The molecule has 7 heteroatoms. The number of carbonyl (C=O) groups excluding carboxylic acids is 2. The number of hydrogen-bond acceptors (Lipinski definition) is 5. The number of hydrogen-bond donors (Lipinski definition) is 2. The van der Waals surface area contributed by atoms with Gasteiger partial charge in [0.2, 0.25) is 0 Å². The summed E-state index contributed by atoms with van der Waals surface area (Å²) in [6.07, 6.45) is 2.11. The van der Waals surface area contributed by atoms with Crippen LogP contribution in [0.15, 0.2) is 42.5 Å². The molecule has 0 aliphatic carbocycles. The first-order chi connectivity index (χ1) is 14.0. The molecular formula is C22H26ClN3O3. The van der Waals surface area contributed by atoms with E-state index in [1.807, 2.05) is 18.2 Å². The molecule has 3 N–H and O–H groups in total. The highest BCUT2D eigenvalue weighted by Crippen LogP contribution is 2.26. The number of unbranched alkanes of at least 4 members (excludes halogenated alkanes) is 1. The second-order valence-corrected chi connectivity index (χ2v) is 7.66. The summed E-state index contributed by atoms with van der Waals surface area (Å²) >= 11 is 6.29. The first-order valence-electron chi connectivity index (χ1n) is 9.83. The molecule has 1 fully saturated rings. The van der Waals surface area contributed by atoms with Crippen molar-refractivity contribution in [1.29, 1.82) is 0 Å². The van der Waals surface area contributed by atoms with E-state index in [4.69, 9.17) is 17.3 Å². The molecule has 1 aliphatic heterocycles. The number of halogens is 1. The second-order valence-electron chi connectivity index (χ2n) is 7.26. The van der Waals surface area contributed by atoms with Crippen LogP contribution in [0.4, 0.5) is 5.69 Å². The molecule has 6 nitrogen and oxygen atoms in total. The molecule has 1 aliphatic rings. The van der Waals surface area contributed by atoms with Crippen LogP contribution in [0.1, 0.15) is 40.0 Å². The first kappa shape index (κ1) is 21.1. The van der Waals surface area contributed by atoms with E-state index >= 15 is 0 Å². The van der Waals surface area contributed by atoms with Gasteiger partial charge in [-0.25, -0.2) is 0 Å². The zero-order valence-electron chi connectivity index (χ0n) is 16.3. The lowest BCUT2D eigenvalue weighted by atomic mass is 10.0. The van der Waals surface area contributed by atoms with E-state index in [1.54, 1.807) is 0 Å². The number of aromatic hydroxyl groups is 1. The monoisotopic (exact) mass is 415 g/mol. The van der Waals surface area contributed by atoms with Crippen LogP contribution in [0, 0.1) is 0 Å². The summed E-state index contributed by atoms with van der Waals surface area (Å²) in [5.74, 6) is -0.992. The second kappa shape index (κ2) is 9.76. The van der Waals surface area contributed by atoms with Gasteiger partial charge in [0.25, 0.3) is 5.91 Å². The van der Waals surface area contributed by atoms with Gasteiger partial charge < -0.3 is 15.7 Å². The number of primary amides is 1. The summed E-state index contributed by atoms with van der Waals surface area (Å²) in [6, 6.07) is 12.1. The minimum Gasteiger partial charge on any atom is -0.507 e. The smallest absolute Gasteiger partial charge is 0.252 e. The normalized spacial score (nSPS) is 14.7. The van der Waals surface area contributed by atoms with Gasteiger partial charge in [0, 0.05) is 38.2 Å². The van der Waals surface area contributed by atoms with Gasteiger partial charge in [-0.2, -0.15) is 0 Å². The fourth-order valence-electron chi connectivity index (χ4n) is 3.59. The van der Waals surface area contributed by atoms with Crippen LogP contribution in [0.25, 0.3) is 0 Å². The van der Waals surface area contributed by atoms with Crippen molar-refractivity contribution in [3.63, 3.8) is 0 Å². The SMILES string of the molecule is NC(=O)c1cc(C(=O)CCCCN2CCN(c3ccccc3Cl)CC2)ccc1O. The maximum Gasteiger partial charge on any atom is 0.252 e. The number of nitrogens with zero attached hydrogens (tertiary/aromatic N) is 2. The standard InChI is InChI=1S/C22H26ClN3O3/c23-18-5-1-2-6-19(18)26-13-11-25(12-14-26)10-4-3-7-20(27)16-8-9-21(28)17(15-16)22(24)29/h1-2,5-6,8-9,15,28H,3-4,7,10-14H2,(H2,24,29). The van der Waals surface area contributed by atoms with Crippen LogP contribution >= 0.6 is 11.6 Å². The summed E-state index contributed by atoms with van der Waals surface area (Å²) in [6.45, 7) is 4.77. The van der Waals surface area contributed by atoms with Crippen LogP contribution in [-0.2, 0) is 0 Å². The Balaban J connectivity index is 1.40. The predicted molar refractivity (Wildman–Crippen MR) is 115 cm³/mol. The van der Waals surface area contributed by atoms with Gasteiger partial charge in [0.1, 0.15) is 5.75 Å². The van der Waals surface area contributed by atoms with Crippen LogP contribution in [0.5, 0.6) is 5.75 Å². The van der Waals surface area contributed by atoms with E-state index in [0.717, 1.165) is 56.3 Å². The number of phenols is 1. The van der Waals surface area contributed by atoms with E-state index in [9.17, 15) is 14.7 Å². The molecule has 29 heavy (non-hydrogen) atoms. The lowest BCUT2D eigenvalue weighted by molar-refractivity contribution is 0.0977. The number of nitrogens with two attached hydrogens (primary N) is 1. The minimum absolute atomic E-state index is 0.0211. The number of Topliss-reactive ketones (excluding diaryl/α,β-unsaturated/α-hetero) is 1. The van der Waals surface area contributed by atoms with Gasteiger partial charge in [-0.3, -0.25) is 14.5 Å². The van der Waals surface area contributed by atoms with Gasteiger partial charge >= 0.3 is 0 Å². The quantitative estimate of drug-likeness (QED) is 0.510. The number of anilines is 1. The van der Waals surface area contributed by atoms with Crippen molar-refractivity contribution in [3.05, 3.63) is 58.6 Å². The third-order valence-electron chi connectivity index (χ3n) is 5.28. The van der Waals surface area contributed by atoms with E-state index in [-0.39, 0.29) is 17.1 Å². The summed E-state index contributed by atoms with van der Waals surface area (Å²) < 4.78 is 0. The van der Waals surface area contributed by atoms with Crippen LogP contribution in [-0.4, -0.2) is 54.4 Å². The molecule has 154 valence electrons. The molecule has 0 saturated carbocycles. The number of rotatable bonds is 8. The molecule has 0 unspecified atom stereocenters. The number of ketones is 1. The van der Waals surface area contributed by atoms with Crippen molar-refractivity contribution in [2.45, 2.75) is 19.3 Å². The van der Waals surface area contributed by atoms with E-state index in [1.165, 1.54) is 18.2 Å².